The molecule has 1 atom stereocenters. The lowest BCUT2D eigenvalue weighted by atomic mass is 10.2. The summed E-state index contributed by atoms with van der Waals surface area (Å²) in [7, 11) is 0. The van der Waals surface area contributed by atoms with Crippen molar-refractivity contribution in [3.05, 3.63) is 0 Å². The monoisotopic (exact) mass is 224 g/mol. The van der Waals surface area contributed by atoms with Gasteiger partial charge >= 0.3 is 18.4 Å². The van der Waals surface area contributed by atoms with Gasteiger partial charge in [0.25, 0.3) is 0 Å². The summed E-state index contributed by atoms with van der Waals surface area (Å²) in [5.41, 5.74) is 0. The van der Waals surface area contributed by atoms with Crippen LogP contribution in [0.25, 0.3) is 0 Å². The second kappa shape index (κ2) is 4.37. The normalized spacial score (nSPS) is 16.1. The zero-order valence-corrected chi connectivity index (χ0v) is 7.76. The molecule has 0 radical (unpaired) electrons. The highest BCUT2D eigenvalue weighted by atomic mass is 19.4. The molecular weight excluding hydrogens is 212 g/mol. The summed E-state index contributed by atoms with van der Waals surface area (Å²) in [6, 6.07) is -4.41. The molecule has 0 rings (SSSR count). The molecule has 0 bridgehead atoms. The third-order valence-electron chi connectivity index (χ3n) is 1.93. The maximum atomic E-state index is 12.8. The van der Waals surface area contributed by atoms with E-state index in [2.05, 4.69) is 0 Å². The van der Waals surface area contributed by atoms with Gasteiger partial charge in [-0.3, -0.25) is 4.90 Å². The molecular formula is C7H12F6N+. The van der Waals surface area contributed by atoms with Crippen LogP contribution in [0, 0.1) is 0 Å². The molecule has 0 unspecified atom stereocenters. The molecule has 0 fully saturated rings. The van der Waals surface area contributed by atoms with Crippen LogP contribution in [0.2, 0.25) is 0 Å². The first-order chi connectivity index (χ1) is 6.17. The lowest BCUT2D eigenvalue weighted by molar-refractivity contribution is -0.991. The minimum absolute atomic E-state index is 0.264. The molecule has 14 heavy (non-hydrogen) atoms. The molecule has 1 N–H and O–H groups in total. The fourth-order valence-corrected chi connectivity index (χ4v) is 1.11. The van der Waals surface area contributed by atoms with Crippen molar-refractivity contribution in [2.75, 3.05) is 13.1 Å². The zero-order valence-electron chi connectivity index (χ0n) is 7.76. The highest BCUT2D eigenvalue weighted by Gasteiger charge is 2.62. The minimum atomic E-state index is -5.51. The van der Waals surface area contributed by atoms with Gasteiger partial charge in [0.2, 0.25) is 0 Å². The van der Waals surface area contributed by atoms with Crippen molar-refractivity contribution < 1.29 is 31.2 Å². The van der Waals surface area contributed by atoms with E-state index >= 15 is 0 Å². The van der Waals surface area contributed by atoms with Crippen LogP contribution in [0.3, 0.4) is 0 Å². The van der Waals surface area contributed by atoms with Crippen LogP contribution in [0.15, 0.2) is 0 Å². The highest BCUT2D eigenvalue weighted by molar-refractivity contribution is 4.73. The number of alkyl halides is 6. The minimum Gasteiger partial charge on any atom is -0.272 e. The Hall–Kier alpha value is -0.460. The Bertz CT molecular complexity index is 174. The van der Waals surface area contributed by atoms with Gasteiger partial charge in [-0.15, -0.1) is 8.78 Å². The molecule has 0 aliphatic carbocycles. The van der Waals surface area contributed by atoms with Gasteiger partial charge in [0.15, 0.2) is 0 Å². The number of nitrogens with one attached hydrogen (secondary N) is 1. The number of quaternary nitrogens is 1. The van der Waals surface area contributed by atoms with Crippen LogP contribution in [-0.4, -0.2) is 31.5 Å². The van der Waals surface area contributed by atoms with E-state index in [4.69, 9.17) is 0 Å². The van der Waals surface area contributed by atoms with E-state index < -0.39 is 23.3 Å². The number of halogens is 6. The molecule has 0 amide bonds. The van der Waals surface area contributed by atoms with Gasteiger partial charge in [-0.05, 0) is 13.8 Å². The molecule has 0 aromatic rings. The first-order valence-electron chi connectivity index (χ1n) is 4.11. The number of hydrogen-bond donors (Lipinski definition) is 1. The fourth-order valence-electron chi connectivity index (χ4n) is 1.11. The van der Waals surface area contributed by atoms with E-state index in [1.165, 1.54) is 13.8 Å². The van der Waals surface area contributed by atoms with Crippen molar-refractivity contribution in [3.8, 4) is 0 Å². The average molecular weight is 224 g/mol. The van der Waals surface area contributed by atoms with Gasteiger partial charge in [-0.2, -0.15) is 13.2 Å². The molecule has 1 nitrogen and oxygen atoms in total. The average Bonchev–Trinajstić information content (AvgIpc) is 2.03. The molecule has 0 saturated carbocycles. The summed E-state index contributed by atoms with van der Waals surface area (Å²) in [6.07, 6.45) is -9.62. The lowest BCUT2D eigenvalue weighted by Gasteiger charge is -2.28. The molecule has 0 aromatic carbocycles. The topological polar surface area (TPSA) is 4.44 Å². The Balaban J connectivity index is 4.75. The Morgan fingerprint density at radius 3 is 1.57 bits per heavy atom. The molecule has 0 aromatic heterocycles. The van der Waals surface area contributed by atoms with Crippen molar-refractivity contribution in [3.63, 3.8) is 0 Å². The van der Waals surface area contributed by atoms with Gasteiger partial charge in [-0.1, -0.05) is 0 Å². The van der Waals surface area contributed by atoms with Gasteiger partial charge in [-0.25, -0.2) is 4.39 Å². The van der Waals surface area contributed by atoms with Crippen LogP contribution in [-0.2, 0) is 0 Å². The van der Waals surface area contributed by atoms with Crippen LogP contribution >= 0.6 is 0 Å². The van der Waals surface area contributed by atoms with Crippen LogP contribution in [0.5, 0.6) is 0 Å². The molecule has 0 aliphatic heterocycles. The predicted molar refractivity (Wildman–Crippen MR) is 37.9 cm³/mol. The van der Waals surface area contributed by atoms with E-state index in [1.807, 2.05) is 0 Å². The Labute approximate surface area is 77.7 Å². The summed E-state index contributed by atoms with van der Waals surface area (Å²) in [6.45, 7) is 2.02. The van der Waals surface area contributed by atoms with Gasteiger partial charge < -0.3 is 0 Å². The smallest absolute Gasteiger partial charge is 0.272 e. The quantitative estimate of drug-likeness (QED) is 0.544. The molecule has 7 heteroatoms. The third kappa shape index (κ3) is 2.76. The Morgan fingerprint density at radius 2 is 1.36 bits per heavy atom. The highest BCUT2D eigenvalue weighted by Crippen LogP contribution is 2.31. The van der Waals surface area contributed by atoms with Crippen molar-refractivity contribution in [2.24, 2.45) is 0 Å². The Morgan fingerprint density at radius 1 is 1.00 bits per heavy atom. The SMILES string of the molecule is CC[NH+](CC)C(F)(F)[C@H](F)C(F)(F)F. The van der Waals surface area contributed by atoms with E-state index in [9.17, 15) is 26.3 Å². The molecule has 86 valence electrons. The zero-order chi connectivity index (χ0) is 11.6. The maximum Gasteiger partial charge on any atom is 0.432 e. The Kier molecular flexibility index (Phi) is 4.23. The second-order valence-corrected chi connectivity index (χ2v) is 2.84. The number of rotatable bonds is 4. The first-order valence-corrected chi connectivity index (χ1v) is 4.11. The van der Waals surface area contributed by atoms with Crippen molar-refractivity contribution in [2.45, 2.75) is 32.2 Å². The maximum absolute atomic E-state index is 12.8. The third-order valence-corrected chi connectivity index (χ3v) is 1.93. The van der Waals surface area contributed by atoms with Crippen LogP contribution in [0.1, 0.15) is 13.8 Å². The van der Waals surface area contributed by atoms with E-state index in [-0.39, 0.29) is 13.1 Å². The van der Waals surface area contributed by atoms with Gasteiger partial charge in [0.1, 0.15) is 0 Å². The number of hydrogen-bond acceptors (Lipinski definition) is 0. The van der Waals surface area contributed by atoms with E-state index in [0.717, 1.165) is 0 Å². The van der Waals surface area contributed by atoms with Crippen LogP contribution < -0.4 is 4.90 Å². The summed E-state index contributed by atoms with van der Waals surface area (Å²) < 4.78 is 73.2. The van der Waals surface area contributed by atoms with Crippen molar-refractivity contribution in [1.29, 1.82) is 0 Å². The van der Waals surface area contributed by atoms with Crippen LogP contribution in [0.4, 0.5) is 26.3 Å². The largest absolute Gasteiger partial charge is 0.432 e. The van der Waals surface area contributed by atoms with Crippen molar-refractivity contribution >= 4 is 0 Å². The summed E-state index contributed by atoms with van der Waals surface area (Å²) >= 11 is 0. The van der Waals surface area contributed by atoms with E-state index in [1.54, 1.807) is 0 Å². The molecule has 0 heterocycles. The molecule has 0 aliphatic rings. The lowest BCUT2D eigenvalue weighted by Crippen LogP contribution is -3.19. The fraction of sp³-hybridized carbons (Fsp3) is 1.00. The first kappa shape index (κ1) is 13.5. The summed E-state index contributed by atoms with van der Waals surface area (Å²) in [4.78, 5) is -0.720. The predicted octanol–water partition coefficient (Wildman–Crippen LogP) is 1.40. The van der Waals surface area contributed by atoms with Crippen molar-refractivity contribution in [1.82, 2.24) is 0 Å². The summed E-state index contributed by atoms with van der Waals surface area (Å²) in [5.74, 6) is 0. The van der Waals surface area contributed by atoms with E-state index in [0.29, 0.717) is 0 Å². The van der Waals surface area contributed by atoms with Gasteiger partial charge in [0.05, 0.1) is 13.1 Å². The summed E-state index contributed by atoms with van der Waals surface area (Å²) in [5, 5.41) is 0. The van der Waals surface area contributed by atoms with Gasteiger partial charge in [0, 0.05) is 0 Å². The standard InChI is InChI=1S/C7H11F6N/c1-3-14(4-2)7(12,13)5(8)6(9,10)11/h5H,3-4H2,1-2H3/p+1/t5-/m1/s1. The molecule has 0 spiro atoms. The second-order valence-electron chi connectivity index (χ2n) is 2.84. The molecule has 0 saturated heterocycles.